The van der Waals surface area contributed by atoms with E-state index in [-0.39, 0.29) is 29.4 Å². The standard InChI is InChI=1S/C15H25NO8Si/c1-20-15-10-13(16(18)19)12(9-14(15)17)11-24-7-5-6-8-25(21-2,22-3)23-4/h9-10,17H,5-8,11H2,1-4H3. The molecule has 0 atom stereocenters. The van der Waals surface area contributed by atoms with Gasteiger partial charge in [-0.25, -0.2) is 0 Å². The Morgan fingerprint density at radius 1 is 1.12 bits per heavy atom. The van der Waals surface area contributed by atoms with E-state index >= 15 is 0 Å². The molecule has 0 unspecified atom stereocenters. The number of nitro groups is 1. The smallest absolute Gasteiger partial charge is 0.500 e. The van der Waals surface area contributed by atoms with E-state index in [0.29, 0.717) is 12.7 Å². The van der Waals surface area contributed by atoms with Gasteiger partial charge in [0, 0.05) is 34.0 Å². The number of methoxy groups -OCH3 is 1. The number of hydrogen-bond acceptors (Lipinski definition) is 8. The van der Waals surface area contributed by atoms with Crippen molar-refractivity contribution in [3.63, 3.8) is 0 Å². The van der Waals surface area contributed by atoms with Crippen LogP contribution in [0.2, 0.25) is 6.04 Å². The molecule has 0 aliphatic rings. The predicted molar refractivity (Wildman–Crippen MR) is 91.8 cm³/mol. The molecule has 25 heavy (non-hydrogen) atoms. The Labute approximate surface area is 147 Å². The highest BCUT2D eigenvalue weighted by molar-refractivity contribution is 6.60. The van der Waals surface area contributed by atoms with Crippen LogP contribution in [0.5, 0.6) is 11.5 Å². The Balaban J connectivity index is 2.51. The number of rotatable bonds is 12. The first-order valence-electron chi connectivity index (χ1n) is 7.70. The zero-order chi connectivity index (χ0) is 18.9. The summed E-state index contributed by atoms with van der Waals surface area (Å²) in [6.45, 7) is 0.431. The highest BCUT2D eigenvalue weighted by atomic mass is 28.4. The molecule has 142 valence electrons. The maximum absolute atomic E-state index is 11.1. The summed E-state index contributed by atoms with van der Waals surface area (Å²) in [6, 6.07) is 3.13. The minimum Gasteiger partial charge on any atom is -0.504 e. The fourth-order valence-corrected chi connectivity index (χ4v) is 4.13. The SMILES string of the molecule is COc1cc([N+](=O)[O-])c(COCCCC[Si](OC)(OC)OC)cc1O. The largest absolute Gasteiger partial charge is 0.504 e. The van der Waals surface area contributed by atoms with Gasteiger partial charge in [0.15, 0.2) is 11.5 Å². The molecular formula is C15H25NO8Si. The molecule has 0 saturated heterocycles. The first-order chi connectivity index (χ1) is 11.9. The zero-order valence-electron chi connectivity index (χ0n) is 14.9. The van der Waals surface area contributed by atoms with Gasteiger partial charge in [-0.05, 0) is 18.9 Å². The number of unbranched alkanes of at least 4 members (excludes halogenated alkanes) is 1. The first kappa shape index (κ1) is 21.3. The van der Waals surface area contributed by atoms with Crippen LogP contribution >= 0.6 is 0 Å². The Morgan fingerprint density at radius 2 is 1.76 bits per heavy atom. The molecule has 0 amide bonds. The normalized spacial score (nSPS) is 11.5. The molecule has 1 aromatic carbocycles. The van der Waals surface area contributed by atoms with Crippen molar-refractivity contribution >= 4 is 14.5 Å². The number of nitro benzene ring substituents is 1. The molecule has 9 nitrogen and oxygen atoms in total. The molecule has 0 fully saturated rings. The zero-order valence-corrected chi connectivity index (χ0v) is 15.9. The highest BCUT2D eigenvalue weighted by Crippen LogP contribution is 2.34. The van der Waals surface area contributed by atoms with Gasteiger partial charge in [0.05, 0.1) is 30.3 Å². The maximum atomic E-state index is 11.1. The molecule has 1 N–H and O–H groups in total. The van der Waals surface area contributed by atoms with Crippen molar-refractivity contribution in [3.8, 4) is 11.5 Å². The summed E-state index contributed by atoms with van der Waals surface area (Å²) in [7, 11) is 3.44. The molecule has 1 aromatic rings. The van der Waals surface area contributed by atoms with Gasteiger partial charge >= 0.3 is 8.80 Å². The van der Waals surface area contributed by atoms with Crippen molar-refractivity contribution in [2.75, 3.05) is 35.0 Å². The summed E-state index contributed by atoms with van der Waals surface area (Å²) in [5.41, 5.74) is 0.136. The fourth-order valence-electron chi connectivity index (χ4n) is 2.33. The van der Waals surface area contributed by atoms with E-state index in [9.17, 15) is 15.2 Å². The lowest BCUT2D eigenvalue weighted by Gasteiger charge is -2.24. The lowest BCUT2D eigenvalue weighted by atomic mass is 10.1. The molecule has 0 aliphatic carbocycles. The van der Waals surface area contributed by atoms with Gasteiger partial charge in [0.2, 0.25) is 0 Å². The van der Waals surface area contributed by atoms with Crippen LogP contribution in [0.1, 0.15) is 18.4 Å². The number of nitrogens with zero attached hydrogens (tertiary/aromatic N) is 1. The molecule has 0 radical (unpaired) electrons. The van der Waals surface area contributed by atoms with Gasteiger partial charge < -0.3 is 27.9 Å². The van der Waals surface area contributed by atoms with Crippen LogP contribution in [0.25, 0.3) is 0 Å². The van der Waals surface area contributed by atoms with Crippen LogP contribution in [-0.2, 0) is 24.6 Å². The van der Waals surface area contributed by atoms with E-state index in [1.807, 2.05) is 0 Å². The molecule has 10 heteroatoms. The van der Waals surface area contributed by atoms with Crippen molar-refractivity contribution < 1.29 is 32.8 Å². The third-order valence-corrected chi connectivity index (χ3v) is 6.62. The number of phenolic OH excluding ortho intramolecular Hbond substituents is 1. The van der Waals surface area contributed by atoms with Crippen molar-refractivity contribution in [3.05, 3.63) is 27.8 Å². The van der Waals surface area contributed by atoms with Gasteiger partial charge in [-0.2, -0.15) is 0 Å². The van der Waals surface area contributed by atoms with E-state index in [1.54, 1.807) is 21.3 Å². The number of hydrogen-bond donors (Lipinski definition) is 1. The van der Waals surface area contributed by atoms with Gasteiger partial charge in [-0.15, -0.1) is 0 Å². The number of aromatic hydroxyl groups is 1. The minimum atomic E-state index is -2.58. The van der Waals surface area contributed by atoms with E-state index in [4.69, 9.17) is 22.8 Å². The molecule has 0 aromatic heterocycles. The number of phenols is 1. The van der Waals surface area contributed by atoms with E-state index in [0.717, 1.165) is 12.8 Å². The molecule has 0 spiro atoms. The van der Waals surface area contributed by atoms with Crippen molar-refractivity contribution in [2.24, 2.45) is 0 Å². The second-order valence-electron chi connectivity index (χ2n) is 5.21. The average molecular weight is 375 g/mol. The topological polar surface area (TPSA) is 110 Å². The van der Waals surface area contributed by atoms with Crippen molar-refractivity contribution in [2.45, 2.75) is 25.5 Å². The minimum absolute atomic E-state index is 0.0231. The van der Waals surface area contributed by atoms with E-state index < -0.39 is 13.7 Å². The summed E-state index contributed by atoms with van der Waals surface area (Å²) < 4.78 is 26.4. The van der Waals surface area contributed by atoms with Crippen LogP contribution in [0.3, 0.4) is 0 Å². The molecule has 1 rings (SSSR count). The Bertz CT molecular complexity index is 556. The quantitative estimate of drug-likeness (QED) is 0.257. The summed E-state index contributed by atoms with van der Waals surface area (Å²) in [5.74, 6) is -0.113. The summed E-state index contributed by atoms with van der Waals surface area (Å²) in [4.78, 5) is 10.6. The van der Waals surface area contributed by atoms with Crippen LogP contribution in [0.15, 0.2) is 12.1 Å². The van der Waals surface area contributed by atoms with Gasteiger partial charge in [0.25, 0.3) is 5.69 Å². The van der Waals surface area contributed by atoms with Gasteiger partial charge in [-0.1, -0.05) is 0 Å². The summed E-state index contributed by atoms with van der Waals surface area (Å²) in [5, 5.41) is 20.9. The third kappa shape index (κ3) is 5.94. The lowest BCUT2D eigenvalue weighted by molar-refractivity contribution is -0.386. The molecule has 0 bridgehead atoms. The maximum Gasteiger partial charge on any atom is 0.500 e. The number of benzene rings is 1. The van der Waals surface area contributed by atoms with Gasteiger partial charge in [0.1, 0.15) is 0 Å². The summed E-state index contributed by atoms with van der Waals surface area (Å²) >= 11 is 0. The molecule has 0 heterocycles. The molecule has 0 aliphatic heterocycles. The van der Waals surface area contributed by atoms with Crippen LogP contribution < -0.4 is 4.74 Å². The van der Waals surface area contributed by atoms with E-state index in [1.165, 1.54) is 19.2 Å². The van der Waals surface area contributed by atoms with Crippen LogP contribution in [-0.4, -0.2) is 53.9 Å². The lowest BCUT2D eigenvalue weighted by Crippen LogP contribution is -2.42. The Hall–Kier alpha value is -1.72. The number of ether oxygens (including phenoxy) is 2. The molecular weight excluding hydrogens is 350 g/mol. The first-order valence-corrected chi connectivity index (χ1v) is 9.63. The molecule has 0 saturated carbocycles. The van der Waals surface area contributed by atoms with Gasteiger partial charge in [-0.3, -0.25) is 10.1 Å². The fraction of sp³-hybridized carbons (Fsp3) is 0.600. The Kier molecular flexibility index (Phi) is 8.79. The van der Waals surface area contributed by atoms with Crippen LogP contribution in [0.4, 0.5) is 5.69 Å². The highest BCUT2D eigenvalue weighted by Gasteiger charge is 2.36. The van der Waals surface area contributed by atoms with Crippen molar-refractivity contribution in [1.82, 2.24) is 0 Å². The van der Waals surface area contributed by atoms with E-state index in [2.05, 4.69) is 0 Å². The van der Waals surface area contributed by atoms with Crippen molar-refractivity contribution in [1.29, 1.82) is 0 Å². The van der Waals surface area contributed by atoms with Crippen LogP contribution in [0, 0.1) is 10.1 Å². The second-order valence-corrected chi connectivity index (χ2v) is 8.31. The third-order valence-electron chi connectivity index (χ3n) is 3.79. The monoisotopic (exact) mass is 375 g/mol. The Morgan fingerprint density at radius 3 is 2.28 bits per heavy atom. The predicted octanol–water partition coefficient (Wildman–Crippen LogP) is 2.48. The summed E-state index contributed by atoms with van der Waals surface area (Å²) in [6.07, 6.45) is 1.50. The average Bonchev–Trinajstić information content (AvgIpc) is 2.61. The second kappa shape index (κ2) is 10.3.